The average Bonchev–Trinajstić information content (AvgIpc) is 2.42. The van der Waals surface area contributed by atoms with Crippen LogP contribution in [0.5, 0.6) is 0 Å². The number of esters is 2. The normalized spacial score (nSPS) is 18.1. The minimum atomic E-state index is -1.08. The molecule has 0 radical (unpaired) electrons. The van der Waals surface area contributed by atoms with Crippen molar-refractivity contribution >= 4 is 17.9 Å². The third kappa shape index (κ3) is 4.73. The molecule has 0 fully saturated rings. The van der Waals surface area contributed by atoms with Gasteiger partial charge in [0.15, 0.2) is 0 Å². The summed E-state index contributed by atoms with van der Waals surface area (Å²) in [6, 6.07) is 0. The number of carbonyl (C=O) groups excluding carboxylic acids is 2. The third-order valence-corrected chi connectivity index (χ3v) is 3.26. The molecule has 0 bridgehead atoms. The summed E-state index contributed by atoms with van der Waals surface area (Å²) in [6.07, 6.45) is 1.87. The molecule has 0 aromatic carbocycles. The molecule has 1 atom stereocenters. The molecule has 6 nitrogen and oxygen atoms in total. The highest BCUT2D eigenvalue weighted by molar-refractivity contribution is 6.00. The van der Waals surface area contributed by atoms with E-state index in [0.717, 1.165) is 12.8 Å². The van der Waals surface area contributed by atoms with E-state index < -0.39 is 17.9 Å². The fourth-order valence-corrected chi connectivity index (χ4v) is 2.18. The molecule has 0 amide bonds. The number of carbonyl (C=O) groups is 3. The number of rotatable bonds is 6. The number of carboxylic acid groups (broad SMARTS) is 1. The Morgan fingerprint density at radius 2 is 1.90 bits per heavy atom. The van der Waals surface area contributed by atoms with Gasteiger partial charge in [0.1, 0.15) is 13.2 Å². The standard InChI is InChI=1S/C15H20O6/c1-9(2)14(18)20-7-8-21-15(19)12-10(3)5-4-6-11(12)13(16)17/h10H,1,4-8H2,2-3H3,(H,16,17). The lowest BCUT2D eigenvalue weighted by atomic mass is 9.84. The van der Waals surface area contributed by atoms with Gasteiger partial charge in [-0.05, 0) is 32.1 Å². The van der Waals surface area contributed by atoms with Gasteiger partial charge in [0.25, 0.3) is 0 Å². The molecule has 0 saturated heterocycles. The molecule has 0 spiro atoms. The Bertz CT molecular complexity index is 488. The lowest BCUT2D eigenvalue weighted by molar-refractivity contribution is -0.148. The fraction of sp³-hybridized carbons (Fsp3) is 0.533. The van der Waals surface area contributed by atoms with E-state index >= 15 is 0 Å². The number of hydrogen-bond acceptors (Lipinski definition) is 5. The zero-order valence-corrected chi connectivity index (χ0v) is 12.3. The quantitative estimate of drug-likeness (QED) is 0.457. The van der Waals surface area contributed by atoms with E-state index in [1.807, 2.05) is 0 Å². The molecule has 0 heterocycles. The van der Waals surface area contributed by atoms with Gasteiger partial charge in [-0.2, -0.15) is 0 Å². The largest absolute Gasteiger partial charge is 0.478 e. The van der Waals surface area contributed by atoms with Crippen molar-refractivity contribution in [3.63, 3.8) is 0 Å². The second-order valence-electron chi connectivity index (χ2n) is 5.04. The van der Waals surface area contributed by atoms with Crippen LogP contribution < -0.4 is 0 Å². The Hall–Kier alpha value is -2.11. The van der Waals surface area contributed by atoms with E-state index in [-0.39, 0.29) is 35.9 Å². The van der Waals surface area contributed by atoms with Crippen LogP contribution in [0.2, 0.25) is 0 Å². The van der Waals surface area contributed by atoms with Crippen LogP contribution in [0.15, 0.2) is 23.3 Å². The topological polar surface area (TPSA) is 89.9 Å². The monoisotopic (exact) mass is 296 g/mol. The molecule has 0 aromatic heterocycles. The van der Waals surface area contributed by atoms with Crippen LogP contribution in [0, 0.1) is 5.92 Å². The van der Waals surface area contributed by atoms with Crippen molar-refractivity contribution in [2.75, 3.05) is 13.2 Å². The van der Waals surface area contributed by atoms with E-state index in [1.165, 1.54) is 6.92 Å². The lowest BCUT2D eigenvalue weighted by Gasteiger charge is -2.22. The zero-order chi connectivity index (χ0) is 16.0. The summed E-state index contributed by atoms with van der Waals surface area (Å²) in [5.41, 5.74) is 0.607. The van der Waals surface area contributed by atoms with Crippen molar-refractivity contribution in [3.05, 3.63) is 23.3 Å². The van der Waals surface area contributed by atoms with Crippen LogP contribution >= 0.6 is 0 Å². The van der Waals surface area contributed by atoms with Gasteiger partial charge < -0.3 is 14.6 Å². The third-order valence-electron chi connectivity index (χ3n) is 3.26. The molecule has 21 heavy (non-hydrogen) atoms. The molecule has 1 aliphatic carbocycles. The van der Waals surface area contributed by atoms with Crippen molar-refractivity contribution in [2.24, 2.45) is 5.92 Å². The summed E-state index contributed by atoms with van der Waals surface area (Å²) in [5, 5.41) is 9.14. The van der Waals surface area contributed by atoms with Crippen molar-refractivity contribution in [1.82, 2.24) is 0 Å². The maximum atomic E-state index is 12.0. The Morgan fingerprint density at radius 1 is 1.29 bits per heavy atom. The van der Waals surface area contributed by atoms with Crippen molar-refractivity contribution in [3.8, 4) is 0 Å². The van der Waals surface area contributed by atoms with Crippen LogP contribution in [0.1, 0.15) is 33.1 Å². The van der Waals surface area contributed by atoms with Gasteiger partial charge in [-0.25, -0.2) is 14.4 Å². The highest BCUT2D eigenvalue weighted by Gasteiger charge is 2.29. The highest BCUT2D eigenvalue weighted by atomic mass is 16.6. The van der Waals surface area contributed by atoms with Crippen molar-refractivity contribution in [2.45, 2.75) is 33.1 Å². The first-order valence-corrected chi connectivity index (χ1v) is 6.80. The predicted octanol–water partition coefficient (Wildman–Crippen LogP) is 1.85. The van der Waals surface area contributed by atoms with Gasteiger partial charge in [-0.3, -0.25) is 0 Å². The molecule has 1 aliphatic rings. The van der Waals surface area contributed by atoms with Gasteiger partial charge in [-0.1, -0.05) is 13.5 Å². The van der Waals surface area contributed by atoms with Crippen LogP contribution in [-0.4, -0.2) is 36.2 Å². The summed E-state index contributed by atoms with van der Waals surface area (Å²) in [4.78, 5) is 34.3. The molecule has 1 rings (SSSR count). The number of ether oxygens (including phenoxy) is 2. The maximum Gasteiger partial charge on any atom is 0.334 e. The smallest absolute Gasteiger partial charge is 0.334 e. The van der Waals surface area contributed by atoms with Crippen LogP contribution in [-0.2, 0) is 23.9 Å². The summed E-state index contributed by atoms with van der Waals surface area (Å²) in [6.45, 7) is 6.56. The predicted molar refractivity (Wildman–Crippen MR) is 74.4 cm³/mol. The zero-order valence-electron chi connectivity index (χ0n) is 12.3. The molecular formula is C15H20O6. The summed E-state index contributed by atoms with van der Waals surface area (Å²) in [5.74, 6) is -2.42. The first-order valence-electron chi connectivity index (χ1n) is 6.80. The first-order chi connectivity index (χ1) is 9.84. The fourth-order valence-electron chi connectivity index (χ4n) is 2.18. The molecule has 0 aliphatic heterocycles. The first kappa shape index (κ1) is 16.9. The Kier molecular flexibility index (Phi) is 6.14. The minimum Gasteiger partial charge on any atom is -0.478 e. The Morgan fingerprint density at radius 3 is 2.48 bits per heavy atom. The van der Waals surface area contributed by atoms with Crippen LogP contribution in [0.4, 0.5) is 0 Å². The number of hydrogen-bond donors (Lipinski definition) is 1. The van der Waals surface area contributed by atoms with E-state index in [0.29, 0.717) is 6.42 Å². The number of carboxylic acids is 1. The SMILES string of the molecule is C=C(C)C(=O)OCCOC(=O)C1=C(C(=O)O)CCCC1C. The van der Waals surface area contributed by atoms with Gasteiger partial charge >= 0.3 is 17.9 Å². The molecule has 1 unspecified atom stereocenters. The van der Waals surface area contributed by atoms with E-state index in [2.05, 4.69) is 6.58 Å². The van der Waals surface area contributed by atoms with Crippen LogP contribution in [0.25, 0.3) is 0 Å². The molecular weight excluding hydrogens is 276 g/mol. The lowest BCUT2D eigenvalue weighted by Crippen LogP contribution is -2.24. The van der Waals surface area contributed by atoms with Gasteiger partial charge in [0, 0.05) is 11.1 Å². The molecule has 1 N–H and O–H groups in total. The molecule has 6 heteroatoms. The molecule has 0 aromatic rings. The number of aliphatic carboxylic acids is 1. The van der Waals surface area contributed by atoms with Crippen molar-refractivity contribution in [1.29, 1.82) is 0 Å². The molecule has 116 valence electrons. The summed E-state index contributed by atoms with van der Waals surface area (Å²) in [7, 11) is 0. The minimum absolute atomic E-state index is 0.0818. The summed E-state index contributed by atoms with van der Waals surface area (Å²) < 4.78 is 9.79. The van der Waals surface area contributed by atoms with Gasteiger partial charge in [-0.15, -0.1) is 0 Å². The highest BCUT2D eigenvalue weighted by Crippen LogP contribution is 2.30. The Labute approximate surface area is 123 Å². The van der Waals surface area contributed by atoms with E-state index in [1.54, 1.807) is 6.92 Å². The van der Waals surface area contributed by atoms with Gasteiger partial charge in [0.2, 0.25) is 0 Å². The van der Waals surface area contributed by atoms with E-state index in [9.17, 15) is 14.4 Å². The van der Waals surface area contributed by atoms with Crippen molar-refractivity contribution < 1.29 is 29.0 Å². The second kappa shape index (κ2) is 7.61. The average molecular weight is 296 g/mol. The molecule has 0 saturated carbocycles. The maximum absolute atomic E-state index is 12.0. The summed E-state index contributed by atoms with van der Waals surface area (Å²) >= 11 is 0. The Balaban J connectivity index is 2.59. The van der Waals surface area contributed by atoms with Crippen LogP contribution in [0.3, 0.4) is 0 Å². The van der Waals surface area contributed by atoms with Gasteiger partial charge in [0.05, 0.1) is 5.57 Å². The second-order valence-corrected chi connectivity index (χ2v) is 5.04. The van der Waals surface area contributed by atoms with E-state index in [4.69, 9.17) is 14.6 Å².